The van der Waals surface area contributed by atoms with Crippen molar-refractivity contribution in [3.8, 4) is 5.69 Å². The lowest BCUT2D eigenvalue weighted by Crippen LogP contribution is -2.29. The molecule has 0 spiro atoms. The highest BCUT2D eigenvalue weighted by molar-refractivity contribution is 7.98. The predicted molar refractivity (Wildman–Crippen MR) is 87.1 cm³/mol. The summed E-state index contributed by atoms with van der Waals surface area (Å²) in [5, 5.41) is 20.1. The molecule has 1 aromatic carbocycles. The van der Waals surface area contributed by atoms with E-state index in [1.807, 2.05) is 16.9 Å². The van der Waals surface area contributed by atoms with Crippen LogP contribution in [0.15, 0.2) is 29.4 Å². The number of hydrogen-bond acceptors (Lipinski definition) is 5. The molecule has 23 heavy (non-hydrogen) atoms. The van der Waals surface area contributed by atoms with Crippen LogP contribution in [0.5, 0.6) is 0 Å². The van der Waals surface area contributed by atoms with E-state index in [0.717, 1.165) is 29.5 Å². The first-order valence-electron chi connectivity index (χ1n) is 7.15. The Bertz CT molecular complexity index is 714. The standard InChI is InChI=1S/C15H18N4O3S/c1-3-5-12-17-18-15(23-2)19(12)11-7-4-6-10(8-11)14(22)16-9-13(20)21/h4,6-8H,3,5,9H2,1-2H3,(H,16,22)(H,20,21). The van der Waals surface area contributed by atoms with Crippen molar-refractivity contribution in [2.75, 3.05) is 12.8 Å². The normalized spacial score (nSPS) is 10.5. The van der Waals surface area contributed by atoms with Crippen LogP contribution in [-0.4, -0.2) is 44.5 Å². The third-order valence-electron chi connectivity index (χ3n) is 3.12. The van der Waals surface area contributed by atoms with Gasteiger partial charge >= 0.3 is 5.97 Å². The lowest BCUT2D eigenvalue weighted by Gasteiger charge is -2.10. The molecule has 0 atom stereocenters. The van der Waals surface area contributed by atoms with Crippen molar-refractivity contribution < 1.29 is 14.7 Å². The van der Waals surface area contributed by atoms with E-state index in [-0.39, 0.29) is 0 Å². The first kappa shape index (κ1) is 17.0. The molecule has 0 aliphatic heterocycles. The van der Waals surface area contributed by atoms with E-state index in [2.05, 4.69) is 22.4 Å². The average molecular weight is 334 g/mol. The van der Waals surface area contributed by atoms with Gasteiger partial charge < -0.3 is 10.4 Å². The first-order chi connectivity index (χ1) is 11.1. The highest BCUT2D eigenvalue weighted by Crippen LogP contribution is 2.21. The summed E-state index contributed by atoms with van der Waals surface area (Å²) in [6, 6.07) is 6.98. The van der Waals surface area contributed by atoms with Gasteiger partial charge in [0.2, 0.25) is 0 Å². The molecule has 2 N–H and O–H groups in total. The van der Waals surface area contributed by atoms with Gasteiger partial charge in [-0.25, -0.2) is 0 Å². The van der Waals surface area contributed by atoms with Crippen molar-refractivity contribution in [1.29, 1.82) is 0 Å². The van der Waals surface area contributed by atoms with Crippen LogP contribution in [0, 0.1) is 0 Å². The van der Waals surface area contributed by atoms with Gasteiger partial charge in [0.25, 0.3) is 5.91 Å². The minimum atomic E-state index is -1.08. The summed E-state index contributed by atoms with van der Waals surface area (Å²) >= 11 is 1.48. The second kappa shape index (κ2) is 7.77. The van der Waals surface area contributed by atoms with Crippen LogP contribution in [-0.2, 0) is 11.2 Å². The summed E-state index contributed by atoms with van der Waals surface area (Å²) in [4.78, 5) is 22.6. The molecule has 0 aliphatic rings. The molecular weight excluding hydrogens is 316 g/mol. The van der Waals surface area contributed by atoms with Crippen molar-refractivity contribution in [2.24, 2.45) is 0 Å². The van der Waals surface area contributed by atoms with Crippen LogP contribution in [0.25, 0.3) is 5.69 Å². The van der Waals surface area contributed by atoms with Gasteiger partial charge in [-0.3, -0.25) is 14.2 Å². The fourth-order valence-electron chi connectivity index (χ4n) is 2.12. The van der Waals surface area contributed by atoms with Gasteiger partial charge in [-0.2, -0.15) is 0 Å². The number of aromatic nitrogens is 3. The third-order valence-corrected chi connectivity index (χ3v) is 3.75. The molecule has 0 radical (unpaired) electrons. The molecule has 0 unspecified atom stereocenters. The lowest BCUT2D eigenvalue weighted by molar-refractivity contribution is -0.135. The number of carboxylic acid groups (broad SMARTS) is 1. The first-order valence-corrected chi connectivity index (χ1v) is 8.38. The number of carbonyl (C=O) groups is 2. The number of amides is 1. The Kier molecular flexibility index (Phi) is 5.75. The Morgan fingerprint density at radius 3 is 2.78 bits per heavy atom. The Hall–Kier alpha value is -2.35. The van der Waals surface area contributed by atoms with Crippen LogP contribution in [0.4, 0.5) is 0 Å². The number of carboxylic acids is 1. The minimum Gasteiger partial charge on any atom is -0.480 e. The monoisotopic (exact) mass is 334 g/mol. The topological polar surface area (TPSA) is 97.1 Å². The Morgan fingerprint density at radius 2 is 2.13 bits per heavy atom. The number of nitrogens with one attached hydrogen (secondary N) is 1. The van der Waals surface area contributed by atoms with Crippen LogP contribution < -0.4 is 5.32 Å². The molecule has 122 valence electrons. The molecule has 0 saturated carbocycles. The number of aryl methyl sites for hydroxylation is 1. The molecule has 7 nitrogen and oxygen atoms in total. The molecule has 0 aliphatic carbocycles. The van der Waals surface area contributed by atoms with Crippen molar-refractivity contribution in [3.63, 3.8) is 0 Å². The van der Waals surface area contributed by atoms with Crippen LogP contribution in [0.1, 0.15) is 29.5 Å². The number of aliphatic carboxylic acids is 1. The molecular formula is C15H18N4O3S. The fraction of sp³-hybridized carbons (Fsp3) is 0.333. The third kappa shape index (κ3) is 4.10. The highest BCUT2D eigenvalue weighted by atomic mass is 32.2. The Balaban J connectivity index is 2.34. The van der Waals surface area contributed by atoms with Gasteiger partial charge in [-0.05, 0) is 30.9 Å². The molecule has 2 aromatic rings. The zero-order valence-electron chi connectivity index (χ0n) is 12.9. The SMILES string of the molecule is CCCc1nnc(SC)n1-c1cccc(C(=O)NCC(=O)O)c1. The van der Waals surface area contributed by atoms with Gasteiger partial charge in [0.1, 0.15) is 12.4 Å². The summed E-state index contributed by atoms with van der Waals surface area (Å²) in [6.07, 6.45) is 3.63. The fourth-order valence-corrected chi connectivity index (χ4v) is 2.64. The maximum absolute atomic E-state index is 12.0. The smallest absolute Gasteiger partial charge is 0.322 e. The molecule has 1 heterocycles. The van der Waals surface area contributed by atoms with Crippen LogP contribution >= 0.6 is 11.8 Å². The van der Waals surface area contributed by atoms with Gasteiger partial charge in [0.05, 0.1) is 5.69 Å². The summed E-state index contributed by atoms with van der Waals surface area (Å²) in [5.41, 5.74) is 1.18. The molecule has 0 fully saturated rings. The zero-order chi connectivity index (χ0) is 16.8. The summed E-state index contributed by atoms with van der Waals surface area (Å²) in [6.45, 7) is 1.65. The van der Waals surface area contributed by atoms with Crippen LogP contribution in [0.2, 0.25) is 0 Å². The van der Waals surface area contributed by atoms with Crippen molar-refractivity contribution in [1.82, 2.24) is 20.1 Å². The van der Waals surface area contributed by atoms with E-state index < -0.39 is 18.4 Å². The number of thioether (sulfide) groups is 1. The second-order valence-electron chi connectivity index (χ2n) is 4.82. The van der Waals surface area contributed by atoms with E-state index in [1.165, 1.54) is 11.8 Å². The molecule has 1 amide bonds. The van der Waals surface area contributed by atoms with E-state index >= 15 is 0 Å². The van der Waals surface area contributed by atoms with Gasteiger partial charge in [0.15, 0.2) is 5.16 Å². The maximum atomic E-state index is 12.0. The molecule has 1 aromatic heterocycles. The second-order valence-corrected chi connectivity index (χ2v) is 5.59. The van der Waals surface area contributed by atoms with E-state index in [0.29, 0.717) is 5.56 Å². The summed E-state index contributed by atoms with van der Waals surface area (Å²) in [5.74, 6) is -0.673. The largest absolute Gasteiger partial charge is 0.480 e. The minimum absolute atomic E-state index is 0.395. The molecule has 0 saturated heterocycles. The summed E-state index contributed by atoms with van der Waals surface area (Å²) in [7, 11) is 0. The zero-order valence-corrected chi connectivity index (χ0v) is 13.8. The van der Waals surface area contributed by atoms with E-state index in [9.17, 15) is 9.59 Å². The Labute approximate surface area is 138 Å². The predicted octanol–water partition coefficient (Wildman–Crippen LogP) is 1.76. The number of benzene rings is 1. The van der Waals surface area contributed by atoms with Crippen molar-refractivity contribution in [3.05, 3.63) is 35.7 Å². The molecule has 2 rings (SSSR count). The number of rotatable bonds is 7. The average Bonchev–Trinajstić information content (AvgIpc) is 2.96. The highest BCUT2D eigenvalue weighted by Gasteiger charge is 2.14. The number of nitrogens with zero attached hydrogens (tertiary/aromatic N) is 3. The molecule has 8 heteroatoms. The number of carbonyl (C=O) groups excluding carboxylic acids is 1. The van der Waals surface area contributed by atoms with Crippen LogP contribution in [0.3, 0.4) is 0 Å². The van der Waals surface area contributed by atoms with E-state index in [4.69, 9.17) is 5.11 Å². The molecule has 0 bridgehead atoms. The lowest BCUT2D eigenvalue weighted by atomic mass is 10.2. The van der Waals surface area contributed by atoms with Crippen molar-refractivity contribution in [2.45, 2.75) is 24.9 Å². The van der Waals surface area contributed by atoms with Gasteiger partial charge in [-0.15, -0.1) is 10.2 Å². The maximum Gasteiger partial charge on any atom is 0.322 e. The van der Waals surface area contributed by atoms with Gasteiger partial charge in [-0.1, -0.05) is 24.8 Å². The van der Waals surface area contributed by atoms with E-state index in [1.54, 1.807) is 18.2 Å². The van der Waals surface area contributed by atoms with Crippen molar-refractivity contribution >= 4 is 23.6 Å². The number of hydrogen-bond donors (Lipinski definition) is 2. The van der Waals surface area contributed by atoms with Gasteiger partial charge in [0, 0.05) is 12.0 Å². The quantitative estimate of drug-likeness (QED) is 0.749. The summed E-state index contributed by atoms with van der Waals surface area (Å²) < 4.78 is 1.92. The Morgan fingerprint density at radius 1 is 1.35 bits per heavy atom.